The van der Waals surface area contributed by atoms with Gasteiger partial charge in [-0.05, 0) is 11.8 Å². The normalized spacial score (nSPS) is 19.1. The molecule has 0 spiro atoms. The van der Waals surface area contributed by atoms with Gasteiger partial charge >= 0.3 is 0 Å². The highest BCUT2D eigenvalue weighted by Crippen LogP contribution is 2.09. The monoisotopic (exact) mass is 191 g/mol. The van der Waals surface area contributed by atoms with Crippen molar-refractivity contribution in [3.63, 3.8) is 0 Å². The molecule has 0 aliphatic heterocycles. The van der Waals surface area contributed by atoms with E-state index in [1.54, 1.807) is 0 Å². The molecule has 0 heterocycles. The number of rotatable bonds is 5. The van der Waals surface area contributed by atoms with Gasteiger partial charge in [-0.3, -0.25) is 4.78 Å². The highest BCUT2D eigenvalue weighted by molar-refractivity contribution is 7.92. The van der Waals surface area contributed by atoms with Crippen LogP contribution in [0.3, 0.4) is 0 Å². The van der Waals surface area contributed by atoms with Crippen LogP contribution in [0.5, 0.6) is 0 Å². The maximum absolute atomic E-state index is 11.6. The first-order valence-electron chi connectivity index (χ1n) is 4.61. The third-order valence-electron chi connectivity index (χ3n) is 1.85. The van der Waals surface area contributed by atoms with E-state index < -0.39 is 9.73 Å². The molecule has 0 saturated carbocycles. The Morgan fingerprint density at radius 3 is 2.08 bits per heavy atom. The van der Waals surface area contributed by atoms with Crippen molar-refractivity contribution in [1.29, 1.82) is 4.78 Å². The summed E-state index contributed by atoms with van der Waals surface area (Å²) in [7, 11) is -2.29. The van der Waals surface area contributed by atoms with E-state index in [0.717, 1.165) is 6.42 Å². The van der Waals surface area contributed by atoms with Crippen molar-refractivity contribution in [1.82, 2.24) is 0 Å². The molecule has 0 aliphatic carbocycles. The van der Waals surface area contributed by atoms with Gasteiger partial charge in [0, 0.05) is 21.2 Å². The standard InChI is InChI=1S/C9H21NOS/c1-5-9(4)7-12(10,11)6-8(2)3/h8-10H,5-7H2,1-4H3/t9-,12-/m1/s1. The van der Waals surface area contributed by atoms with Crippen LogP contribution in [0, 0.1) is 16.6 Å². The van der Waals surface area contributed by atoms with Crippen molar-refractivity contribution in [2.75, 3.05) is 11.5 Å². The van der Waals surface area contributed by atoms with Crippen molar-refractivity contribution in [3.05, 3.63) is 0 Å². The second kappa shape index (κ2) is 4.85. The minimum atomic E-state index is -2.29. The zero-order valence-corrected chi connectivity index (χ0v) is 9.41. The quantitative estimate of drug-likeness (QED) is 0.713. The van der Waals surface area contributed by atoms with Crippen LogP contribution in [0.1, 0.15) is 34.1 Å². The summed E-state index contributed by atoms with van der Waals surface area (Å²) >= 11 is 0. The fraction of sp³-hybridized carbons (Fsp3) is 1.00. The topological polar surface area (TPSA) is 40.9 Å². The lowest BCUT2D eigenvalue weighted by Crippen LogP contribution is -2.18. The molecule has 74 valence electrons. The molecule has 0 rings (SSSR count). The minimum absolute atomic E-state index is 0.374. The van der Waals surface area contributed by atoms with Crippen molar-refractivity contribution in [2.45, 2.75) is 34.1 Å². The summed E-state index contributed by atoms with van der Waals surface area (Å²) in [6.45, 7) is 8.18. The Morgan fingerprint density at radius 2 is 1.75 bits per heavy atom. The molecule has 0 fully saturated rings. The average molecular weight is 191 g/mol. The van der Waals surface area contributed by atoms with E-state index in [0.29, 0.717) is 23.3 Å². The highest BCUT2D eigenvalue weighted by Gasteiger charge is 2.12. The molecule has 0 bridgehead atoms. The molecular weight excluding hydrogens is 170 g/mol. The van der Waals surface area contributed by atoms with Gasteiger partial charge in [0.1, 0.15) is 0 Å². The first-order chi connectivity index (χ1) is 5.37. The summed E-state index contributed by atoms with van der Waals surface area (Å²) in [4.78, 5) is 0. The maximum Gasteiger partial charge on any atom is 0.0446 e. The lowest BCUT2D eigenvalue weighted by Gasteiger charge is -2.13. The van der Waals surface area contributed by atoms with Gasteiger partial charge in [0.2, 0.25) is 0 Å². The van der Waals surface area contributed by atoms with E-state index in [1.807, 2.05) is 13.8 Å². The van der Waals surface area contributed by atoms with Crippen molar-refractivity contribution in [2.24, 2.45) is 11.8 Å². The van der Waals surface area contributed by atoms with Crippen LogP contribution >= 0.6 is 0 Å². The van der Waals surface area contributed by atoms with Crippen LogP contribution in [0.2, 0.25) is 0 Å². The summed E-state index contributed by atoms with van der Waals surface area (Å²) in [5, 5.41) is 0. The first-order valence-corrected chi connectivity index (χ1v) is 6.51. The molecule has 0 amide bonds. The summed E-state index contributed by atoms with van der Waals surface area (Å²) in [6, 6.07) is 0. The summed E-state index contributed by atoms with van der Waals surface area (Å²) in [5.74, 6) is 1.92. The molecule has 0 aliphatic rings. The Labute approximate surface area is 76.7 Å². The Kier molecular flexibility index (Phi) is 4.83. The molecule has 0 saturated heterocycles. The molecule has 2 atom stereocenters. The van der Waals surface area contributed by atoms with Gasteiger partial charge in [-0.25, -0.2) is 4.21 Å². The van der Waals surface area contributed by atoms with Crippen molar-refractivity contribution >= 4 is 9.73 Å². The molecule has 0 unspecified atom stereocenters. The predicted molar refractivity (Wildman–Crippen MR) is 54.9 cm³/mol. The zero-order chi connectivity index (χ0) is 9.78. The Bertz CT molecular complexity index is 207. The van der Waals surface area contributed by atoms with E-state index in [9.17, 15) is 4.21 Å². The Balaban J connectivity index is 4.05. The smallest absolute Gasteiger partial charge is 0.0446 e. The van der Waals surface area contributed by atoms with E-state index >= 15 is 0 Å². The van der Waals surface area contributed by atoms with Crippen LogP contribution in [0.25, 0.3) is 0 Å². The van der Waals surface area contributed by atoms with Crippen LogP contribution < -0.4 is 0 Å². The van der Waals surface area contributed by atoms with Gasteiger partial charge in [-0.15, -0.1) is 0 Å². The lowest BCUT2D eigenvalue weighted by atomic mass is 10.2. The lowest BCUT2D eigenvalue weighted by molar-refractivity contribution is 0.602. The molecule has 0 aromatic rings. The molecule has 12 heavy (non-hydrogen) atoms. The van der Waals surface area contributed by atoms with Gasteiger partial charge in [0.25, 0.3) is 0 Å². The van der Waals surface area contributed by atoms with Gasteiger partial charge in [0.05, 0.1) is 0 Å². The van der Waals surface area contributed by atoms with Gasteiger partial charge in [-0.1, -0.05) is 34.1 Å². The molecule has 1 N–H and O–H groups in total. The average Bonchev–Trinajstić information content (AvgIpc) is 1.83. The van der Waals surface area contributed by atoms with Crippen LogP contribution in [-0.2, 0) is 9.73 Å². The van der Waals surface area contributed by atoms with E-state index in [4.69, 9.17) is 4.78 Å². The van der Waals surface area contributed by atoms with Gasteiger partial charge in [-0.2, -0.15) is 0 Å². The van der Waals surface area contributed by atoms with Crippen molar-refractivity contribution < 1.29 is 4.21 Å². The van der Waals surface area contributed by atoms with E-state index in [1.165, 1.54) is 0 Å². The number of hydrogen-bond acceptors (Lipinski definition) is 2. The molecule has 3 heteroatoms. The Hall–Kier alpha value is -0.0500. The van der Waals surface area contributed by atoms with E-state index in [-0.39, 0.29) is 0 Å². The summed E-state index contributed by atoms with van der Waals surface area (Å²) < 4.78 is 19.3. The first kappa shape index (κ1) is 11.9. The highest BCUT2D eigenvalue weighted by atomic mass is 32.2. The van der Waals surface area contributed by atoms with Crippen LogP contribution in [0.4, 0.5) is 0 Å². The predicted octanol–water partition coefficient (Wildman–Crippen LogP) is 2.74. The fourth-order valence-electron chi connectivity index (χ4n) is 1.18. The number of hydrogen-bond donors (Lipinski definition) is 1. The second-order valence-corrected chi connectivity index (χ2v) is 6.34. The number of nitrogens with one attached hydrogen (secondary N) is 1. The second-order valence-electron chi connectivity index (χ2n) is 4.05. The van der Waals surface area contributed by atoms with Crippen LogP contribution in [0.15, 0.2) is 0 Å². The van der Waals surface area contributed by atoms with E-state index in [2.05, 4.69) is 13.8 Å². The molecule has 2 nitrogen and oxygen atoms in total. The molecular formula is C9H21NOS. The largest absolute Gasteiger partial charge is 0.253 e. The zero-order valence-electron chi connectivity index (χ0n) is 8.59. The Morgan fingerprint density at radius 1 is 1.25 bits per heavy atom. The maximum atomic E-state index is 11.6. The summed E-state index contributed by atoms with van der Waals surface area (Å²) in [6.07, 6.45) is 1.02. The SMILES string of the molecule is CC[C@@H](C)C[S@](=N)(=O)CC(C)C. The molecule has 0 radical (unpaired) electrons. The van der Waals surface area contributed by atoms with Gasteiger partial charge in [0.15, 0.2) is 0 Å². The van der Waals surface area contributed by atoms with Crippen LogP contribution in [-0.4, -0.2) is 15.7 Å². The molecule has 0 aromatic heterocycles. The third kappa shape index (κ3) is 5.58. The minimum Gasteiger partial charge on any atom is -0.253 e. The van der Waals surface area contributed by atoms with Crippen molar-refractivity contribution in [3.8, 4) is 0 Å². The summed E-state index contributed by atoms with van der Waals surface area (Å²) in [5.41, 5.74) is 0. The molecule has 0 aromatic carbocycles. The fourth-order valence-corrected chi connectivity index (χ4v) is 3.55. The third-order valence-corrected chi connectivity index (χ3v) is 4.17. The van der Waals surface area contributed by atoms with Gasteiger partial charge < -0.3 is 0 Å².